The summed E-state index contributed by atoms with van der Waals surface area (Å²) in [4.78, 5) is 24.9. The summed E-state index contributed by atoms with van der Waals surface area (Å²) < 4.78 is 0. The van der Waals surface area contributed by atoms with Crippen molar-refractivity contribution in [2.75, 3.05) is 20.6 Å². The molecule has 23 heavy (non-hydrogen) atoms. The highest BCUT2D eigenvalue weighted by Crippen LogP contribution is 2.16. The Morgan fingerprint density at radius 2 is 1.61 bits per heavy atom. The predicted octanol–water partition coefficient (Wildman–Crippen LogP) is 4.24. The first-order chi connectivity index (χ1) is 10.8. The van der Waals surface area contributed by atoms with E-state index in [1.165, 1.54) is 0 Å². The Kier molecular flexibility index (Phi) is 14.5. The van der Waals surface area contributed by atoms with Crippen molar-refractivity contribution in [2.24, 2.45) is 5.92 Å². The van der Waals surface area contributed by atoms with Gasteiger partial charge in [-0.25, -0.2) is 0 Å². The lowest BCUT2D eigenvalue weighted by Gasteiger charge is -2.24. The molecule has 4 nitrogen and oxygen atoms in total. The highest BCUT2D eigenvalue weighted by atomic mass is 16.2. The topological polar surface area (TPSA) is 40.6 Å². The summed E-state index contributed by atoms with van der Waals surface area (Å²) in [5.74, 6) is 1.16. The molecule has 1 fully saturated rings. The van der Waals surface area contributed by atoms with Crippen molar-refractivity contribution < 1.29 is 9.59 Å². The van der Waals surface area contributed by atoms with Gasteiger partial charge in [-0.2, -0.15) is 0 Å². The molecule has 0 radical (unpaired) electrons. The summed E-state index contributed by atoms with van der Waals surface area (Å²) in [6.45, 7) is 15.1. The van der Waals surface area contributed by atoms with Gasteiger partial charge in [0.05, 0.1) is 0 Å². The summed E-state index contributed by atoms with van der Waals surface area (Å²) in [6, 6.07) is 0. The van der Waals surface area contributed by atoms with Crippen LogP contribution in [0.25, 0.3) is 0 Å². The third-order valence-corrected chi connectivity index (χ3v) is 2.97. The van der Waals surface area contributed by atoms with Crippen LogP contribution in [0.4, 0.5) is 0 Å². The van der Waals surface area contributed by atoms with Crippen LogP contribution >= 0.6 is 0 Å². The molecule has 0 N–H and O–H groups in total. The van der Waals surface area contributed by atoms with E-state index in [-0.39, 0.29) is 11.8 Å². The molecule has 2 amide bonds. The SMILES string of the molecule is C=C1CCCC(=O)N1C.CC.CC(C)C.CN1CCC=CC1=O. The fraction of sp³-hybridized carbons (Fsp3) is 0.684. The van der Waals surface area contributed by atoms with Gasteiger partial charge in [-0.15, -0.1) is 0 Å². The quantitative estimate of drug-likeness (QED) is 0.669. The number of likely N-dealkylation sites (tertiary alicyclic amines) is 1. The summed E-state index contributed by atoms with van der Waals surface area (Å²) in [7, 11) is 3.59. The average molecular weight is 325 g/mol. The van der Waals surface area contributed by atoms with Crippen LogP contribution in [0.2, 0.25) is 0 Å². The maximum absolute atomic E-state index is 10.9. The molecule has 4 heteroatoms. The molecular formula is C19H36N2O2. The van der Waals surface area contributed by atoms with E-state index in [2.05, 4.69) is 27.4 Å². The van der Waals surface area contributed by atoms with E-state index in [1.807, 2.05) is 27.0 Å². The van der Waals surface area contributed by atoms with Crippen molar-refractivity contribution in [1.29, 1.82) is 0 Å². The van der Waals surface area contributed by atoms with Gasteiger partial charge in [0.2, 0.25) is 11.8 Å². The van der Waals surface area contributed by atoms with E-state index in [1.54, 1.807) is 22.9 Å². The second-order valence-electron chi connectivity index (χ2n) is 6.06. The minimum atomic E-state index is 0.122. The summed E-state index contributed by atoms with van der Waals surface area (Å²) in [5.41, 5.74) is 0.950. The van der Waals surface area contributed by atoms with E-state index < -0.39 is 0 Å². The second-order valence-corrected chi connectivity index (χ2v) is 6.06. The van der Waals surface area contributed by atoms with Crippen LogP contribution in [-0.4, -0.2) is 42.3 Å². The first kappa shape index (κ1) is 23.7. The minimum Gasteiger partial charge on any atom is -0.342 e. The number of nitrogens with zero attached hydrogens (tertiary/aromatic N) is 2. The normalized spacial score (nSPS) is 16.8. The van der Waals surface area contributed by atoms with Crippen LogP contribution < -0.4 is 0 Å². The van der Waals surface area contributed by atoms with E-state index in [0.717, 1.165) is 37.4 Å². The molecule has 0 saturated carbocycles. The Morgan fingerprint density at radius 1 is 1.09 bits per heavy atom. The number of carbonyl (C=O) groups is 2. The lowest BCUT2D eigenvalue weighted by Crippen LogP contribution is -2.28. The van der Waals surface area contributed by atoms with Crippen LogP contribution in [0.15, 0.2) is 24.4 Å². The number of hydrogen-bond donors (Lipinski definition) is 0. The Balaban J connectivity index is 0. The Hall–Kier alpha value is -1.58. The molecule has 0 bridgehead atoms. The number of hydrogen-bond acceptors (Lipinski definition) is 2. The smallest absolute Gasteiger partial charge is 0.245 e. The molecule has 2 aliphatic rings. The standard InChI is InChI=1S/C7H11NO.C6H9NO.C4H10.C2H6/c1-6-4-3-5-7(9)8(6)2;1-7-5-3-2-4-6(7)8;1-4(2)3;1-2/h1,3-5H2,2H3;2,4H,3,5H2,1H3;4H,1-3H3;1-2H3. The van der Waals surface area contributed by atoms with Gasteiger partial charge in [0.15, 0.2) is 0 Å². The van der Waals surface area contributed by atoms with Gasteiger partial charge in [0.25, 0.3) is 0 Å². The lowest BCUT2D eigenvalue weighted by molar-refractivity contribution is -0.129. The summed E-state index contributed by atoms with van der Waals surface area (Å²) in [6.07, 6.45) is 7.16. The average Bonchev–Trinajstić information content (AvgIpc) is 2.50. The van der Waals surface area contributed by atoms with Crippen molar-refractivity contribution in [3.63, 3.8) is 0 Å². The van der Waals surface area contributed by atoms with Crippen molar-refractivity contribution in [3.05, 3.63) is 24.4 Å². The Morgan fingerprint density at radius 3 is 1.91 bits per heavy atom. The molecule has 0 aromatic heterocycles. The van der Waals surface area contributed by atoms with E-state index in [9.17, 15) is 9.59 Å². The van der Waals surface area contributed by atoms with Crippen LogP contribution in [0.1, 0.15) is 60.3 Å². The van der Waals surface area contributed by atoms with Crippen LogP contribution in [0.3, 0.4) is 0 Å². The highest BCUT2D eigenvalue weighted by molar-refractivity contribution is 5.88. The summed E-state index contributed by atoms with van der Waals surface area (Å²) >= 11 is 0. The molecule has 0 unspecified atom stereocenters. The Labute approximate surface area is 143 Å². The zero-order valence-corrected chi connectivity index (χ0v) is 16.2. The monoisotopic (exact) mass is 324 g/mol. The highest BCUT2D eigenvalue weighted by Gasteiger charge is 2.16. The number of rotatable bonds is 0. The van der Waals surface area contributed by atoms with Gasteiger partial charge in [-0.05, 0) is 31.3 Å². The van der Waals surface area contributed by atoms with Crippen molar-refractivity contribution >= 4 is 11.8 Å². The molecule has 0 atom stereocenters. The molecular weight excluding hydrogens is 288 g/mol. The molecule has 2 heterocycles. The van der Waals surface area contributed by atoms with Gasteiger partial charge in [0.1, 0.15) is 0 Å². The van der Waals surface area contributed by atoms with Crippen LogP contribution in [0.5, 0.6) is 0 Å². The third-order valence-electron chi connectivity index (χ3n) is 2.97. The van der Waals surface area contributed by atoms with Gasteiger partial charge in [-0.1, -0.05) is 47.3 Å². The zero-order valence-electron chi connectivity index (χ0n) is 16.2. The summed E-state index contributed by atoms with van der Waals surface area (Å²) in [5, 5.41) is 0. The number of amides is 2. The Bertz CT molecular complexity index is 368. The second kappa shape index (κ2) is 14.0. The van der Waals surface area contributed by atoms with Gasteiger partial charge < -0.3 is 9.80 Å². The molecule has 0 aliphatic carbocycles. The molecule has 0 aromatic rings. The fourth-order valence-electron chi connectivity index (χ4n) is 1.65. The molecule has 0 aromatic carbocycles. The number of piperidine rings is 1. The van der Waals surface area contributed by atoms with Crippen molar-refractivity contribution in [3.8, 4) is 0 Å². The van der Waals surface area contributed by atoms with Crippen LogP contribution in [-0.2, 0) is 9.59 Å². The molecule has 2 rings (SSSR count). The molecule has 134 valence electrons. The minimum absolute atomic E-state index is 0.122. The van der Waals surface area contributed by atoms with Gasteiger partial charge in [-0.3, -0.25) is 9.59 Å². The predicted molar refractivity (Wildman–Crippen MR) is 99.0 cm³/mol. The molecule has 2 aliphatic heterocycles. The number of carbonyl (C=O) groups excluding carboxylic acids is 2. The van der Waals surface area contributed by atoms with Crippen LogP contribution in [0, 0.1) is 5.92 Å². The first-order valence-corrected chi connectivity index (χ1v) is 8.61. The number of likely N-dealkylation sites (N-methyl/N-ethyl adjacent to an activating group) is 1. The van der Waals surface area contributed by atoms with Crippen molar-refractivity contribution in [2.45, 2.75) is 60.3 Å². The fourth-order valence-corrected chi connectivity index (χ4v) is 1.65. The maximum Gasteiger partial charge on any atom is 0.245 e. The molecule has 0 spiro atoms. The number of allylic oxidation sites excluding steroid dienone is 1. The van der Waals surface area contributed by atoms with Crippen molar-refractivity contribution in [1.82, 2.24) is 9.80 Å². The zero-order chi connectivity index (χ0) is 18.4. The largest absolute Gasteiger partial charge is 0.342 e. The first-order valence-electron chi connectivity index (χ1n) is 8.61. The van der Waals surface area contributed by atoms with Gasteiger partial charge in [0, 0.05) is 32.8 Å². The van der Waals surface area contributed by atoms with Gasteiger partial charge >= 0.3 is 0 Å². The molecule has 1 saturated heterocycles. The third kappa shape index (κ3) is 12.6. The van der Waals surface area contributed by atoms with E-state index in [4.69, 9.17) is 0 Å². The van der Waals surface area contributed by atoms with E-state index in [0.29, 0.717) is 6.42 Å². The van der Waals surface area contributed by atoms with E-state index >= 15 is 0 Å². The maximum atomic E-state index is 10.9. The lowest BCUT2D eigenvalue weighted by atomic mass is 10.1.